The first-order valence-corrected chi connectivity index (χ1v) is 9.44. The second kappa shape index (κ2) is 18.9. The maximum Gasteiger partial charge on any atom is 0.0543 e. The van der Waals surface area contributed by atoms with Crippen molar-refractivity contribution in [1.82, 2.24) is 0 Å². The first kappa shape index (κ1) is 21.8. The summed E-state index contributed by atoms with van der Waals surface area (Å²) in [4.78, 5) is 0. The molecule has 0 spiro atoms. The molecule has 22 heavy (non-hydrogen) atoms. The molecular formula is C18H40N2O2. The third-order valence-corrected chi connectivity index (χ3v) is 3.77. The molecule has 4 N–H and O–H groups in total. The Bertz CT molecular complexity index is 202. The molecule has 0 aromatic rings. The van der Waals surface area contributed by atoms with Gasteiger partial charge in [0, 0.05) is 26.4 Å². The minimum Gasteiger partial charge on any atom is -0.381 e. The van der Waals surface area contributed by atoms with Crippen molar-refractivity contribution in [1.29, 1.82) is 0 Å². The lowest BCUT2D eigenvalue weighted by Gasteiger charge is -2.06. The Balaban J connectivity index is 2.94. The van der Waals surface area contributed by atoms with Crippen LogP contribution in [0.4, 0.5) is 0 Å². The van der Waals surface area contributed by atoms with Gasteiger partial charge in [0.25, 0.3) is 0 Å². The Kier molecular flexibility index (Phi) is 18.8. The minimum atomic E-state index is -0.233. The standard InChI is InChI=1S/C18H40N2O2/c1-2-14-21-15-11-9-7-5-3-4-6-8-10-12-16-22-17-13-18(19)20/h18H,2-17,19-20H2,1H3. The largest absolute Gasteiger partial charge is 0.381 e. The average Bonchev–Trinajstić information content (AvgIpc) is 2.50. The molecule has 0 atom stereocenters. The Morgan fingerprint density at radius 2 is 1.00 bits per heavy atom. The fourth-order valence-electron chi connectivity index (χ4n) is 2.39. The lowest BCUT2D eigenvalue weighted by Crippen LogP contribution is -2.31. The van der Waals surface area contributed by atoms with Gasteiger partial charge >= 0.3 is 0 Å². The van der Waals surface area contributed by atoms with Gasteiger partial charge in [0.2, 0.25) is 0 Å². The van der Waals surface area contributed by atoms with Crippen LogP contribution in [0, 0.1) is 0 Å². The van der Waals surface area contributed by atoms with Crippen molar-refractivity contribution in [3.8, 4) is 0 Å². The van der Waals surface area contributed by atoms with E-state index in [0.29, 0.717) is 6.61 Å². The summed E-state index contributed by atoms with van der Waals surface area (Å²) < 4.78 is 11.0. The first-order valence-electron chi connectivity index (χ1n) is 9.44. The number of unbranched alkanes of at least 4 members (excludes halogenated alkanes) is 9. The number of hydrogen-bond acceptors (Lipinski definition) is 4. The number of hydrogen-bond donors (Lipinski definition) is 2. The summed E-state index contributed by atoms with van der Waals surface area (Å²) >= 11 is 0. The summed E-state index contributed by atoms with van der Waals surface area (Å²) in [5.41, 5.74) is 10.9. The highest BCUT2D eigenvalue weighted by Gasteiger charge is 1.96. The van der Waals surface area contributed by atoms with E-state index < -0.39 is 0 Å². The molecule has 0 aromatic heterocycles. The molecule has 0 saturated carbocycles. The van der Waals surface area contributed by atoms with E-state index in [9.17, 15) is 0 Å². The SMILES string of the molecule is CCCOCCCCCCCCCCCCOCCC(N)N. The van der Waals surface area contributed by atoms with Gasteiger partial charge in [-0.3, -0.25) is 0 Å². The lowest BCUT2D eigenvalue weighted by molar-refractivity contribution is 0.123. The van der Waals surface area contributed by atoms with Gasteiger partial charge in [-0.25, -0.2) is 0 Å². The number of nitrogens with two attached hydrogens (primary N) is 2. The first-order chi connectivity index (χ1) is 10.8. The van der Waals surface area contributed by atoms with E-state index in [-0.39, 0.29) is 6.17 Å². The minimum absolute atomic E-state index is 0.233. The molecule has 0 aliphatic carbocycles. The van der Waals surface area contributed by atoms with E-state index in [1.165, 1.54) is 57.8 Å². The maximum atomic E-state index is 5.48. The van der Waals surface area contributed by atoms with Crippen LogP contribution in [-0.4, -0.2) is 32.6 Å². The predicted octanol–water partition coefficient (Wildman–Crippen LogP) is 3.96. The van der Waals surface area contributed by atoms with Crippen molar-refractivity contribution in [2.24, 2.45) is 11.5 Å². The summed E-state index contributed by atoms with van der Waals surface area (Å²) in [6.07, 6.45) is 14.9. The van der Waals surface area contributed by atoms with Gasteiger partial charge in [-0.2, -0.15) is 0 Å². The molecular weight excluding hydrogens is 276 g/mol. The Morgan fingerprint density at radius 1 is 0.591 bits per heavy atom. The predicted molar refractivity (Wildman–Crippen MR) is 94.9 cm³/mol. The van der Waals surface area contributed by atoms with E-state index >= 15 is 0 Å². The molecule has 0 aliphatic heterocycles. The van der Waals surface area contributed by atoms with Gasteiger partial charge in [-0.1, -0.05) is 58.3 Å². The van der Waals surface area contributed by atoms with Crippen LogP contribution in [0.15, 0.2) is 0 Å². The number of ether oxygens (including phenoxy) is 2. The summed E-state index contributed by atoms with van der Waals surface area (Å²) in [7, 11) is 0. The smallest absolute Gasteiger partial charge is 0.0543 e. The Morgan fingerprint density at radius 3 is 1.41 bits per heavy atom. The maximum absolute atomic E-state index is 5.48. The molecule has 0 saturated heterocycles. The summed E-state index contributed by atoms with van der Waals surface area (Å²) in [6.45, 7) is 5.58. The van der Waals surface area contributed by atoms with Crippen molar-refractivity contribution in [2.45, 2.75) is 90.1 Å². The lowest BCUT2D eigenvalue weighted by atomic mass is 10.1. The van der Waals surface area contributed by atoms with Crippen LogP contribution in [0.5, 0.6) is 0 Å². The van der Waals surface area contributed by atoms with Crippen molar-refractivity contribution < 1.29 is 9.47 Å². The van der Waals surface area contributed by atoms with Crippen LogP contribution in [0.3, 0.4) is 0 Å². The molecule has 4 heteroatoms. The highest BCUT2D eigenvalue weighted by Crippen LogP contribution is 2.10. The van der Waals surface area contributed by atoms with Crippen molar-refractivity contribution in [3.63, 3.8) is 0 Å². The molecule has 0 aromatic carbocycles. The van der Waals surface area contributed by atoms with Crippen molar-refractivity contribution in [2.75, 3.05) is 26.4 Å². The van der Waals surface area contributed by atoms with Gasteiger partial charge in [-0.15, -0.1) is 0 Å². The topological polar surface area (TPSA) is 70.5 Å². The highest BCUT2D eigenvalue weighted by atomic mass is 16.5. The summed E-state index contributed by atoms with van der Waals surface area (Å²) in [5.74, 6) is 0. The van der Waals surface area contributed by atoms with Gasteiger partial charge in [-0.05, 0) is 25.7 Å². The van der Waals surface area contributed by atoms with Crippen molar-refractivity contribution in [3.05, 3.63) is 0 Å². The molecule has 0 rings (SSSR count). The number of rotatable bonds is 18. The van der Waals surface area contributed by atoms with E-state index in [4.69, 9.17) is 20.9 Å². The third kappa shape index (κ3) is 19.8. The van der Waals surface area contributed by atoms with Crippen LogP contribution in [0.1, 0.15) is 84.0 Å². The molecule has 0 fully saturated rings. The van der Waals surface area contributed by atoms with Gasteiger partial charge in [0.15, 0.2) is 0 Å². The average molecular weight is 317 g/mol. The van der Waals surface area contributed by atoms with Crippen LogP contribution < -0.4 is 11.5 Å². The summed E-state index contributed by atoms with van der Waals surface area (Å²) in [6, 6.07) is 0. The second-order valence-corrected chi connectivity index (χ2v) is 6.21. The zero-order valence-corrected chi connectivity index (χ0v) is 14.9. The molecule has 0 unspecified atom stereocenters. The highest BCUT2D eigenvalue weighted by molar-refractivity contribution is 4.50. The molecule has 0 amide bonds. The van der Waals surface area contributed by atoms with Crippen molar-refractivity contribution >= 4 is 0 Å². The van der Waals surface area contributed by atoms with Crippen LogP contribution in [-0.2, 0) is 9.47 Å². The Labute approximate surface area is 138 Å². The third-order valence-electron chi connectivity index (χ3n) is 3.77. The molecule has 0 aliphatic rings. The second-order valence-electron chi connectivity index (χ2n) is 6.21. The fourth-order valence-corrected chi connectivity index (χ4v) is 2.39. The fraction of sp³-hybridized carbons (Fsp3) is 1.00. The molecule has 0 radical (unpaired) electrons. The van der Waals surface area contributed by atoms with Crippen LogP contribution in [0.25, 0.3) is 0 Å². The quantitative estimate of drug-likeness (QED) is 0.296. The Hall–Kier alpha value is -0.160. The molecule has 0 bridgehead atoms. The van der Waals surface area contributed by atoms with Gasteiger partial charge in [0.05, 0.1) is 6.17 Å². The zero-order valence-electron chi connectivity index (χ0n) is 14.9. The zero-order chi connectivity index (χ0) is 16.3. The molecule has 134 valence electrons. The normalized spacial score (nSPS) is 11.5. The monoisotopic (exact) mass is 316 g/mol. The van der Waals surface area contributed by atoms with E-state index in [1.54, 1.807) is 0 Å². The van der Waals surface area contributed by atoms with Crippen LogP contribution >= 0.6 is 0 Å². The van der Waals surface area contributed by atoms with E-state index in [1.807, 2.05) is 0 Å². The summed E-state index contributed by atoms with van der Waals surface area (Å²) in [5, 5.41) is 0. The van der Waals surface area contributed by atoms with Crippen LogP contribution in [0.2, 0.25) is 0 Å². The van der Waals surface area contributed by atoms with E-state index in [0.717, 1.165) is 39.1 Å². The van der Waals surface area contributed by atoms with Gasteiger partial charge in [0.1, 0.15) is 0 Å². The van der Waals surface area contributed by atoms with Gasteiger partial charge < -0.3 is 20.9 Å². The van der Waals surface area contributed by atoms with E-state index in [2.05, 4.69) is 6.92 Å². The molecule has 0 heterocycles. The molecule has 4 nitrogen and oxygen atoms in total.